The first-order valence-electron chi connectivity index (χ1n) is 6.44. The molecule has 0 N–H and O–H groups in total. The van der Waals surface area contributed by atoms with Crippen LogP contribution in [-0.4, -0.2) is 19.0 Å². The Kier molecular flexibility index (Phi) is 4.87. The van der Waals surface area contributed by atoms with E-state index in [1.807, 2.05) is 6.92 Å². The first-order valence-corrected chi connectivity index (χ1v) is 6.44. The zero-order chi connectivity index (χ0) is 15.2. The van der Waals surface area contributed by atoms with Gasteiger partial charge >= 0.3 is 0 Å². The first kappa shape index (κ1) is 15.0. The number of carbonyl (C=O) groups is 1. The maximum absolute atomic E-state index is 13.5. The molecule has 0 radical (unpaired) electrons. The number of ketones is 1. The predicted molar refractivity (Wildman–Crippen MR) is 73.8 cm³/mol. The van der Waals surface area contributed by atoms with Crippen molar-refractivity contribution < 1.29 is 23.0 Å². The third-order valence-electron chi connectivity index (χ3n) is 2.74. The highest BCUT2D eigenvalue weighted by Gasteiger charge is 2.14. The van der Waals surface area contributed by atoms with Crippen LogP contribution in [0.2, 0.25) is 0 Å². The highest BCUT2D eigenvalue weighted by molar-refractivity contribution is 5.97. The minimum atomic E-state index is -0.775. The normalized spacial score (nSPS) is 10.2. The fourth-order valence-corrected chi connectivity index (χ4v) is 1.78. The molecular formula is C16H14F2O3. The standard InChI is InChI=1S/C16H14F2O3/c1-2-20-15-5-3-4-6-16(15)21-10-14(19)12-9-11(17)7-8-13(12)18/h3-9H,2,10H2,1H3. The zero-order valence-electron chi connectivity index (χ0n) is 11.4. The summed E-state index contributed by atoms with van der Waals surface area (Å²) in [4.78, 5) is 11.9. The molecule has 0 amide bonds. The molecule has 0 unspecified atom stereocenters. The van der Waals surface area contributed by atoms with E-state index in [0.717, 1.165) is 18.2 Å². The van der Waals surface area contributed by atoms with Gasteiger partial charge < -0.3 is 9.47 Å². The molecule has 0 aliphatic heterocycles. The van der Waals surface area contributed by atoms with E-state index in [1.54, 1.807) is 24.3 Å². The van der Waals surface area contributed by atoms with Gasteiger partial charge in [-0.25, -0.2) is 8.78 Å². The van der Waals surface area contributed by atoms with E-state index < -0.39 is 24.0 Å². The van der Waals surface area contributed by atoms with E-state index >= 15 is 0 Å². The molecule has 0 aromatic heterocycles. The summed E-state index contributed by atoms with van der Waals surface area (Å²) in [6.07, 6.45) is 0. The number of ether oxygens (including phenoxy) is 2. The summed E-state index contributed by atoms with van der Waals surface area (Å²) in [6.45, 7) is 1.88. The van der Waals surface area contributed by atoms with Crippen LogP contribution in [0, 0.1) is 11.6 Å². The number of rotatable bonds is 6. The summed E-state index contributed by atoms with van der Waals surface area (Å²) in [7, 11) is 0. The number of hydrogen-bond donors (Lipinski definition) is 0. The maximum Gasteiger partial charge on any atom is 0.203 e. The first-order chi connectivity index (χ1) is 10.1. The van der Waals surface area contributed by atoms with Crippen LogP contribution in [0.1, 0.15) is 17.3 Å². The summed E-state index contributed by atoms with van der Waals surface area (Å²) >= 11 is 0. The molecule has 2 aromatic carbocycles. The monoisotopic (exact) mass is 292 g/mol. The van der Waals surface area contributed by atoms with Crippen LogP contribution in [0.15, 0.2) is 42.5 Å². The summed E-state index contributed by atoms with van der Waals surface area (Å²) in [5.74, 6) is -1.21. The lowest BCUT2D eigenvalue weighted by molar-refractivity contribution is 0.0914. The second-order valence-electron chi connectivity index (χ2n) is 4.22. The fraction of sp³-hybridized carbons (Fsp3) is 0.188. The quantitative estimate of drug-likeness (QED) is 0.763. The molecule has 0 saturated heterocycles. The third kappa shape index (κ3) is 3.78. The van der Waals surface area contributed by atoms with Gasteiger partial charge in [-0.1, -0.05) is 12.1 Å². The van der Waals surface area contributed by atoms with Gasteiger partial charge in [-0.3, -0.25) is 4.79 Å². The van der Waals surface area contributed by atoms with Crippen LogP contribution < -0.4 is 9.47 Å². The lowest BCUT2D eigenvalue weighted by atomic mass is 10.1. The van der Waals surface area contributed by atoms with Gasteiger partial charge in [-0.05, 0) is 37.3 Å². The molecular weight excluding hydrogens is 278 g/mol. The zero-order valence-corrected chi connectivity index (χ0v) is 11.4. The summed E-state index contributed by atoms with van der Waals surface area (Å²) in [5, 5.41) is 0. The summed E-state index contributed by atoms with van der Waals surface area (Å²) < 4.78 is 37.2. The van der Waals surface area contributed by atoms with Gasteiger partial charge in [0.1, 0.15) is 11.6 Å². The summed E-state index contributed by atoms with van der Waals surface area (Å²) in [5.41, 5.74) is -0.330. The van der Waals surface area contributed by atoms with Crippen LogP contribution >= 0.6 is 0 Å². The maximum atomic E-state index is 13.5. The number of hydrogen-bond acceptors (Lipinski definition) is 3. The SMILES string of the molecule is CCOc1ccccc1OCC(=O)c1cc(F)ccc1F. The highest BCUT2D eigenvalue weighted by Crippen LogP contribution is 2.26. The number of halogens is 2. The molecule has 0 heterocycles. The van der Waals surface area contributed by atoms with Crippen LogP contribution in [0.4, 0.5) is 8.78 Å². The minimum absolute atomic E-state index is 0.330. The molecule has 2 aromatic rings. The molecule has 0 bridgehead atoms. The van der Waals surface area contributed by atoms with Crippen molar-refractivity contribution >= 4 is 5.78 Å². The van der Waals surface area contributed by atoms with Gasteiger partial charge in [-0.2, -0.15) is 0 Å². The molecule has 0 aliphatic carbocycles. The predicted octanol–water partition coefficient (Wildman–Crippen LogP) is 3.63. The van der Waals surface area contributed by atoms with Crippen LogP contribution in [-0.2, 0) is 0 Å². The second kappa shape index (κ2) is 6.83. The van der Waals surface area contributed by atoms with Gasteiger partial charge in [0.05, 0.1) is 12.2 Å². The number of Topliss-reactive ketones (excluding diaryl/α,β-unsaturated/α-hetero) is 1. The molecule has 0 fully saturated rings. The smallest absolute Gasteiger partial charge is 0.203 e. The average Bonchev–Trinajstić information content (AvgIpc) is 2.49. The molecule has 0 atom stereocenters. The van der Waals surface area contributed by atoms with Crippen molar-refractivity contribution in [1.29, 1.82) is 0 Å². The largest absolute Gasteiger partial charge is 0.490 e. The Morgan fingerprint density at radius 3 is 2.38 bits per heavy atom. The Balaban J connectivity index is 2.09. The van der Waals surface area contributed by atoms with Crippen LogP contribution in [0.25, 0.3) is 0 Å². The average molecular weight is 292 g/mol. The number of para-hydroxylation sites is 2. The van der Waals surface area contributed by atoms with Gasteiger partial charge in [0.2, 0.25) is 5.78 Å². The van der Waals surface area contributed by atoms with Gasteiger partial charge in [0.15, 0.2) is 18.1 Å². The van der Waals surface area contributed by atoms with Crippen molar-refractivity contribution in [3.63, 3.8) is 0 Å². The van der Waals surface area contributed by atoms with Crippen molar-refractivity contribution in [2.24, 2.45) is 0 Å². The Bertz CT molecular complexity index is 641. The van der Waals surface area contributed by atoms with Crippen molar-refractivity contribution in [2.75, 3.05) is 13.2 Å². The molecule has 0 aliphatic rings. The lowest BCUT2D eigenvalue weighted by Gasteiger charge is -2.11. The molecule has 0 spiro atoms. The molecule has 21 heavy (non-hydrogen) atoms. The molecule has 0 saturated carbocycles. The van der Waals surface area contributed by atoms with Crippen molar-refractivity contribution in [2.45, 2.75) is 6.92 Å². The van der Waals surface area contributed by atoms with E-state index in [0.29, 0.717) is 18.1 Å². The Hall–Kier alpha value is -2.43. The van der Waals surface area contributed by atoms with E-state index in [1.165, 1.54) is 0 Å². The Labute approximate surface area is 121 Å². The summed E-state index contributed by atoms with van der Waals surface area (Å²) in [6, 6.07) is 9.56. The molecule has 110 valence electrons. The van der Waals surface area contributed by atoms with Crippen molar-refractivity contribution in [1.82, 2.24) is 0 Å². The molecule has 5 heteroatoms. The second-order valence-corrected chi connectivity index (χ2v) is 4.22. The molecule has 2 rings (SSSR count). The number of carbonyl (C=O) groups excluding carboxylic acids is 1. The van der Waals surface area contributed by atoms with Crippen molar-refractivity contribution in [3.8, 4) is 11.5 Å². The minimum Gasteiger partial charge on any atom is -0.490 e. The third-order valence-corrected chi connectivity index (χ3v) is 2.74. The fourth-order valence-electron chi connectivity index (χ4n) is 1.78. The van der Waals surface area contributed by atoms with Gasteiger partial charge in [-0.15, -0.1) is 0 Å². The van der Waals surface area contributed by atoms with Crippen molar-refractivity contribution in [3.05, 3.63) is 59.7 Å². The van der Waals surface area contributed by atoms with E-state index in [-0.39, 0.29) is 5.56 Å². The van der Waals surface area contributed by atoms with Crippen LogP contribution in [0.3, 0.4) is 0 Å². The van der Waals surface area contributed by atoms with E-state index in [4.69, 9.17) is 9.47 Å². The van der Waals surface area contributed by atoms with E-state index in [9.17, 15) is 13.6 Å². The van der Waals surface area contributed by atoms with E-state index in [2.05, 4.69) is 0 Å². The van der Waals surface area contributed by atoms with Gasteiger partial charge in [0.25, 0.3) is 0 Å². The Morgan fingerprint density at radius 1 is 1.05 bits per heavy atom. The highest BCUT2D eigenvalue weighted by atomic mass is 19.1. The number of benzene rings is 2. The topological polar surface area (TPSA) is 35.5 Å². The Morgan fingerprint density at radius 2 is 1.71 bits per heavy atom. The lowest BCUT2D eigenvalue weighted by Crippen LogP contribution is -2.14. The molecule has 3 nitrogen and oxygen atoms in total. The van der Waals surface area contributed by atoms with Gasteiger partial charge in [0, 0.05) is 0 Å². The van der Waals surface area contributed by atoms with Crippen LogP contribution in [0.5, 0.6) is 11.5 Å².